The number of nitrogens with one attached hydrogen (secondary N) is 2. The third-order valence-electron chi connectivity index (χ3n) is 7.41. The van der Waals surface area contributed by atoms with Crippen molar-refractivity contribution >= 4 is 10.0 Å². The van der Waals surface area contributed by atoms with Crippen LogP contribution in [0.15, 0.2) is 66.1 Å². The summed E-state index contributed by atoms with van der Waals surface area (Å²) < 4.78 is 27.7. The molecule has 33 heavy (non-hydrogen) atoms. The van der Waals surface area contributed by atoms with Crippen LogP contribution in [0, 0.1) is 11.8 Å². The SMILES string of the molecule is C=CCC1c2ccc(O)cc2CCC1NCC1CCC(CNS(=O)(=O)c2ccccc2)CC1. The van der Waals surface area contributed by atoms with Gasteiger partial charge in [-0.2, -0.15) is 0 Å². The highest BCUT2D eigenvalue weighted by Crippen LogP contribution is 2.37. The lowest BCUT2D eigenvalue weighted by molar-refractivity contribution is 0.252. The number of phenols is 1. The first-order chi connectivity index (χ1) is 16.0. The minimum atomic E-state index is -3.42. The van der Waals surface area contributed by atoms with Crippen LogP contribution in [-0.2, 0) is 16.4 Å². The maximum Gasteiger partial charge on any atom is 0.240 e. The molecule has 2 aliphatic carbocycles. The third kappa shape index (κ3) is 6.05. The fourth-order valence-corrected chi connectivity index (χ4v) is 6.62. The molecule has 0 aromatic heterocycles. The van der Waals surface area contributed by atoms with Crippen LogP contribution in [0.1, 0.15) is 55.6 Å². The van der Waals surface area contributed by atoms with Gasteiger partial charge in [0.1, 0.15) is 5.75 Å². The van der Waals surface area contributed by atoms with Gasteiger partial charge < -0.3 is 10.4 Å². The van der Waals surface area contributed by atoms with Crippen molar-refractivity contribution in [2.45, 2.75) is 61.8 Å². The second-order valence-corrected chi connectivity index (χ2v) is 11.4. The van der Waals surface area contributed by atoms with Gasteiger partial charge in [-0.3, -0.25) is 0 Å². The smallest absolute Gasteiger partial charge is 0.240 e. The number of allylic oxidation sites excluding steroid dienone is 1. The van der Waals surface area contributed by atoms with Crippen LogP contribution in [-0.4, -0.2) is 32.7 Å². The fraction of sp³-hybridized carbons (Fsp3) is 0.481. The zero-order chi connectivity index (χ0) is 23.3. The number of hydrogen-bond donors (Lipinski definition) is 3. The molecule has 0 aliphatic heterocycles. The molecule has 2 atom stereocenters. The molecule has 3 N–H and O–H groups in total. The quantitative estimate of drug-likeness (QED) is 0.465. The van der Waals surface area contributed by atoms with Gasteiger partial charge in [-0.1, -0.05) is 30.3 Å². The predicted octanol–water partition coefficient (Wildman–Crippen LogP) is 4.74. The van der Waals surface area contributed by atoms with Gasteiger partial charge in [0.2, 0.25) is 10.0 Å². The number of aromatic hydroxyl groups is 1. The number of fused-ring (bicyclic) bond motifs is 1. The van der Waals surface area contributed by atoms with E-state index in [1.54, 1.807) is 30.3 Å². The Hall–Kier alpha value is -2.15. The van der Waals surface area contributed by atoms with Gasteiger partial charge in [0.25, 0.3) is 0 Å². The highest BCUT2D eigenvalue weighted by atomic mass is 32.2. The number of rotatable bonds is 9. The molecule has 0 spiro atoms. The maximum atomic E-state index is 12.5. The number of sulfonamides is 1. The first-order valence-corrected chi connectivity index (χ1v) is 13.7. The highest BCUT2D eigenvalue weighted by Gasteiger charge is 2.30. The molecule has 0 bridgehead atoms. The van der Waals surface area contributed by atoms with E-state index in [2.05, 4.69) is 22.7 Å². The van der Waals surface area contributed by atoms with Crippen LogP contribution in [0.4, 0.5) is 0 Å². The zero-order valence-corrected chi connectivity index (χ0v) is 20.1. The van der Waals surface area contributed by atoms with Crippen molar-refractivity contribution in [2.75, 3.05) is 13.1 Å². The average molecular weight is 469 g/mol. The van der Waals surface area contributed by atoms with Crippen LogP contribution in [0.2, 0.25) is 0 Å². The number of hydrogen-bond acceptors (Lipinski definition) is 4. The Morgan fingerprint density at radius 1 is 0.970 bits per heavy atom. The molecule has 0 radical (unpaired) electrons. The lowest BCUT2D eigenvalue weighted by Crippen LogP contribution is -2.41. The average Bonchev–Trinajstić information content (AvgIpc) is 2.83. The molecule has 4 rings (SSSR count). The Balaban J connectivity index is 1.25. The molecule has 2 unspecified atom stereocenters. The van der Waals surface area contributed by atoms with Gasteiger partial charge in [-0.05, 0) is 98.7 Å². The minimum Gasteiger partial charge on any atom is -0.508 e. The van der Waals surface area contributed by atoms with E-state index in [1.165, 1.54) is 11.1 Å². The van der Waals surface area contributed by atoms with E-state index in [4.69, 9.17) is 0 Å². The van der Waals surface area contributed by atoms with E-state index in [0.717, 1.165) is 51.5 Å². The van der Waals surface area contributed by atoms with Gasteiger partial charge in [-0.25, -0.2) is 13.1 Å². The molecule has 1 saturated carbocycles. The van der Waals surface area contributed by atoms with Crippen molar-refractivity contribution in [1.29, 1.82) is 0 Å². The summed E-state index contributed by atoms with van der Waals surface area (Å²) in [4.78, 5) is 0.334. The summed E-state index contributed by atoms with van der Waals surface area (Å²) in [5.41, 5.74) is 2.60. The van der Waals surface area contributed by atoms with Crippen molar-refractivity contribution in [1.82, 2.24) is 10.0 Å². The Morgan fingerprint density at radius 2 is 1.67 bits per heavy atom. The second-order valence-electron chi connectivity index (χ2n) is 9.62. The van der Waals surface area contributed by atoms with Gasteiger partial charge >= 0.3 is 0 Å². The Bertz CT molecular complexity index is 1030. The Morgan fingerprint density at radius 3 is 2.36 bits per heavy atom. The number of benzene rings is 2. The van der Waals surface area contributed by atoms with Crippen LogP contribution >= 0.6 is 0 Å². The molecule has 0 amide bonds. The molecule has 0 heterocycles. The lowest BCUT2D eigenvalue weighted by atomic mass is 9.76. The van der Waals surface area contributed by atoms with Gasteiger partial charge in [0, 0.05) is 18.5 Å². The van der Waals surface area contributed by atoms with Crippen molar-refractivity contribution < 1.29 is 13.5 Å². The zero-order valence-electron chi connectivity index (χ0n) is 19.2. The van der Waals surface area contributed by atoms with E-state index < -0.39 is 10.0 Å². The Kier molecular flexibility index (Phi) is 7.89. The van der Waals surface area contributed by atoms with Gasteiger partial charge in [0.15, 0.2) is 0 Å². The summed E-state index contributed by atoms with van der Waals surface area (Å²) in [5, 5.41) is 13.7. The molecular weight excluding hydrogens is 432 g/mol. The normalized spacial score (nSPS) is 25.3. The fourth-order valence-electron chi connectivity index (χ4n) is 5.48. The Labute approximate surface area is 198 Å². The van der Waals surface area contributed by atoms with Gasteiger partial charge in [0.05, 0.1) is 4.90 Å². The highest BCUT2D eigenvalue weighted by molar-refractivity contribution is 7.89. The topological polar surface area (TPSA) is 78.4 Å². The largest absolute Gasteiger partial charge is 0.508 e. The molecular formula is C27H36N2O3S. The summed E-state index contributed by atoms with van der Waals surface area (Å²) in [5.74, 6) is 1.79. The maximum absolute atomic E-state index is 12.5. The number of aryl methyl sites for hydroxylation is 1. The molecule has 0 saturated heterocycles. The van der Waals surface area contributed by atoms with Crippen molar-refractivity contribution in [3.63, 3.8) is 0 Å². The van der Waals surface area contributed by atoms with E-state index in [-0.39, 0.29) is 0 Å². The first-order valence-electron chi connectivity index (χ1n) is 12.2. The van der Waals surface area contributed by atoms with Crippen molar-refractivity contribution in [2.24, 2.45) is 11.8 Å². The summed E-state index contributed by atoms with van der Waals surface area (Å²) in [7, 11) is -3.42. The molecule has 5 nitrogen and oxygen atoms in total. The van der Waals surface area contributed by atoms with E-state index in [0.29, 0.717) is 41.0 Å². The molecule has 2 aromatic rings. The second kappa shape index (κ2) is 10.9. The monoisotopic (exact) mass is 468 g/mol. The van der Waals surface area contributed by atoms with Crippen LogP contribution in [0.5, 0.6) is 5.75 Å². The first kappa shape index (κ1) is 24.0. The van der Waals surface area contributed by atoms with Crippen LogP contribution in [0.25, 0.3) is 0 Å². The van der Waals surface area contributed by atoms with Crippen molar-refractivity contribution in [3.05, 3.63) is 72.3 Å². The number of phenolic OH excluding ortho intramolecular Hbond substituents is 1. The molecule has 1 fully saturated rings. The summed E-state index contributed by atoms with van der Waals surface area (Å²) in [6.07, 6.45) is 9.39. The molecule has 2 aliphatic rings. The van der Waals surface area contributed by atoms with E-state index in [1.807, 2.05) is 18.2 Å². The van der Waals surface area contributed by atoms with E-state index >= 15 is 0 Å². The molecule has 6 heteroatoms. The summed E-state index contributed by atoms with van der Waals surface area (Å²) in [6, 6.07) is 14.8. The van der Waals surface area contributed by atoms with Crippen LogP contribution < -0.4 is 10.0 Å². The predicted molar refractivity (Wildman–Crippen MR) is 133 cm³/mol. The third-order valence-corrected chi connectivity index (χ3v) is 8.85. The summed E-state index contributed by atoms with van der Waals surface area (Å²) >= 11 is 0. The molecule has 2 aromatic carbocycles. The van der Waals surface area contributed by atoms with Gasteiger partial charge in [-0.15, -0.1) is 6.58 Å². The van der Waals surface area contributed by atoms with Crippen LogP contribution in [0.3, 0.4) is 0 Å². The van der Waals surface area contributed by atoms with Crippen molar-refractivity contribution in [3.8, 4) is 5.75 Å². The molecule has 178 valence electrons. The lowest BCUT2D eigenvalue weighted by Gasteiger charge is -2.36. The summed E-state index contributed by atoms with van der Waals surface area (Å²) in [6.45, 7) is 5.49. The van der Waals surface area contributed by atoms with E-state index in [9.17, 15) is 13.5 Å². The minimum absolute atomic E-state index is 0.334. The standard InChI is InChI=1S/C27H36N2O3S/c1-2-6-26-25-15-14-23(30)17-22(25)13-16-27(26)28-18-20-9-11-21(12-10-20)19-29-33(31,32)24-7-4-3-5-8-24/h2-5,7-8,14-15,17,20-21,26-30H,1,6,9-13,16,18-19H2.